The molecule has 1 aromatic carbocycles. The number of amides is 1. The fraction of sp³-hybridized carbons (Fsp3) is 0.500. The molecule has 1 amide bonds. The van der Waals surface area contributed by atoms with Crippen molar-refractivity contribution < 1.29 is 9.53 Å². The number of likely N-dealkylation sites (tertiary alicyclic amines) is 1. The lowest BCUT2D eigenvalue weighted by atomic mass is 10.1. The van der Waals surface area contributed by atoms with Crippen LogP contribution < -0.4 is 0 Å². The van der Waals surface area contributed by atoms with Crippen LogP contribution >= 0.6 is 0 Å². The molecule has 1 unspecified atom stereocenters. The van der Waals surface area contributed by atoms with Crippen molar-refractivity contribution in [3.05, 3.63) is 35.4 Å². The molecule has 2 saturated heterocycles. The molecular formula is C16H19N3O2. The van der Waals surface area contributed by atoms with Crippen LogP contribution in [0, 0.1) is 11.3 Å². The van der Waals surface area contributed by atoms with Crippen LogP contribution in [0.5, 0.6) is 0 Å². The van der Waals surface area contributed by atoms with Gasteiger partial charge in [-0.25, -0.2) is 0 Å². The van der Waals surface area contributed by atoms with Crippen molar-refractivity contribution in [1.29, 1.82) is 5.26 Å². The molecule has 0 radical (unpaired) electrons. The van der Waals surface area contributed by atoms with Gasteiger partial charge in [0.05, 0.1) is 24.8 Å². The predicted molar refractivity (Wildman–Crippen MR) is 77.9 cm³/mol. The van der Waals surface area contributed by atoms with E-state index in [9.17, 15) is 4.79 Å². The summed E-state index contributed by atoms with van der Waals surface area (Å²) >= 11 is 0. The number of rotatable bonds is 2. The Labute approximate surface area is 124 Å². The number of nitriles is 1. The SMILES string of the molecule is N#Cc1ccc(C(=O)N2CCC(N3CCOCC3)C2)cc1. The zero-order chi connectivity index (χ0) is 14.7. The first-order chi connectivity index (χ1) is 10.3. The summed E-state index contributed by atoms with van der Waals surface area (Å²) in [5, 5.41) is 8.80. The van der Waals surface area contributed by atoms with E-state index in [1.54, 1.807) is 24.3 Å². The summed E-state index contributed by atoms with van der Waals surface area (Å²) in [6.45, 7) is 5.10. The molecule has 2 heterocycles. The van der Waals surface area contributed by atoms with E-state index in [4.69, 9.17) is 10.00 Å². The summed E-state index contributed by atoms with van der Waals surface area (Å²) in [6.07, 6.45) is 1.03. The lowest BCUT2D eigenvalue weighted by Gasteiger charge is -2.32. The topological polar surface area (TPSA) is 56.6 Å². The molecule has 21 heavy (non-hydrogen) atoms. The van der Waals surface area contributed by atoms with Gasteiger partial charge in [0.25, 0.3) is 5.91 Å². The van der Waals surface area contributed by atoms with E-state index in [-0.39, 0.29) is 5.91 Å². The molecule has 0 N–H and O–H groups in total. The van der Waals surface area contributed by atoms with E-state index in [2.05, 4.69) is 11.0 Å². The number of nitrogens with zero attached hydrogens (tertiary/aromatic N) is 3. The average molecular weight is 285 g/mol. The van der Waals surface area contributed by atoms with Crippen molar-refractivity contribution in [2.24, 2.45) is 0 Å². The smallest absolute Gasteiger partial charge is 0.253 e. The highest BCUT2D eigenvalue weighted by atomic mass is 16.5. The Morgan fingerprint density at radius 1 is 1.19 bits per heavy atom. The van der Waals surface area contributed by atoms with Gasteiger partial charge in [-0.15, -0.1) is 0 Å². The van der Waals surface area contributed by atoms with Gasteiger partial charge in [0.1, 0.15) is 0 Å². The van der Waals surface area contributed by atoms with Crippen LogP contribution in [0.4, 0.5) is 0 Å². The standard InChI is InChI=1S/C16H19N3O2/c17-11-13-1-3-14(4-2-13)16(20)19-6-5-15(12-19)18-7-9-21-10-8-18/h1-4,15H,5-10,12H2. The van der Waals surface area contributed by atoms with Gasteiger partial charge in [-0.1, -0.05) is 0 Å². The molecule has 0 spiro atoms. The number of morpholine rings is 1. The van der Waals surface area contributed by atoms with Crippen LogP contribution in [-0.4, -0.2) is 61.1 Å². The van der Waals surface area contributed by atoms with Gasteiger partial charge < -0.3 is 9.64 Å². The van der Waals surface area contributed by atoms with Crippen molar-refractivity contribution >= 4 is 5.91 Å². The Morgan fingerprint density at radius 2 is 1.90 bits per heavy atom. The lowest BCUT2D eigenvalue weighted by molar-refractivity contribution is 0.0185. The second-order valence-corrected chi connectivity index (χ2v) is 5.53. The van der Waals surface area contributed by atoms with Crippen LogP contribution in [0.1, 0.15) is 22.3 Å². The molecule has 1 atom stereocenters. The average Bonchev–Trinajstić information content (AvgIpc) is 3.05. The molecular weight excluding hydrogens is 266 g/mol. The highest BCUT2D eigenvalue weighted by molar-refractivity contribution is 5.94. The molecule has 5 nitrogen and oxygen atoms in total. The first kappa shape index (κ1) is 14.1. The number of carbonyl (C=O) groups excluding carboxylic acids is 1. The number of hydrogen-bond donors (Lipinski definition) is 0. The summed E-state index contributed by atoms with van der Waals surface area (Å²) in [4.78, 5) is 16.8. The maximum atomic E-state index is 12.5. The van der Waals surface area contributed by atoms with E-state index in [0.717, 1.165) is 45.8 Å². The third kappa shape index (κ3) is 3.07. The first-order valence-corrected chi connectivity index (χ1v) is 7.39. The number of ether oxygens (including phenoxy) is 1. The van der Waals surface area contributed by atoms with Gasteiger partial charge in [0, 0.05) is 37.8 Å². The molecule has 2 aliphatic rings. The van der Waals surface area contributed by atoms with Gasteiger partial charge in [0.2, 0.25) is 0 Å². The van der Waals surface area contributed by atoms with Gasteiger partial charge in [-0.05, 0) is 30.7 Å². The Bertz CT molecular complexity index is 544. The molecule has 1 aromatic rings. The van der Waals surface area contributed by atoms with E-state index in [0.29, 0.717) is 17.2 Å². The normalized spacial score (nSPS) is 23.0. The van der Waals surface area contributed by atoms with Crippen LogP contribution in [0.25, 0.3) is 0 Å². The minimum absolute atomic E-state index is 0.0650. The third-order valence-corrected chi connectivity index (χ3v) is 4.27. The Balaban J connectivity index is 1.62. The minimum atomic E-state index is 0.0650. The zero-order valence-electron chi connectivity index (χ0n) is 12.0. The van der Waals surface area contributed by atoms with Crippen molar-refractivity contribution in [3.63, 3.8) is 0 Å². The van der Waals surface area contributed by atoms with E-state index in [1.807, 2.05) is 4.90 Å². The molecule has 2 fully saturated rings. The van der Waals surface area contributed by atoms with Crippen LogP contribution in [0.2, 0.25) is 0 Å². The number of carbonyl (C=O) groups is 1. The quantitative estimate of drug-likeness (QED) is 0.816. The van der Waals surface area contributed by atoms with E-state index >= 15 is 0 Å². The molecule has 3 rings (SSSR count). The maximum Gasteiger partial charge on any atom is 0.253 e. The second-order valence-electron chi connectivity index (χ2n) is 5.53. The summed E-state index contributed by atoms with van der Waals surface area (Å²) in [6, 6.07) is 9.40. The van der Waals surface area contributed by atoms with E-state index in [1.165, 1.54) is 0 Å². The van der Waals surface area contributed by atoms with Crippen molar-refractivity contribution in [2.75, 3.05) is 39.4 Å². The molecule has 2 aliphatic heterocycles. The number of benzene rings is 1. The molecule has 0 aliphatic carbocycles. The van der Waals surface area contributed by atoms with Crippen molar-refractivity contribution in [1.82, 2.24) is 9.80 Å². The monoisotopic (exact) mass is 285 g/mol. The van der Waals surface area contributed by atoms with Crippen LogP contribution in [0.3, 0.4) is 0 Å². The fourth-order valence-corrected chi connectivity index (χ4v) is 3.04. The molecule has 5 heteroatoms. The molecule has 0 saturated carbocycles. The molecule has 0 aromatic heterocycles. The summed E-state index contributed by atoms with van der Waals surface area (Å²) in [5.41, 5.74) is 1.25. The van der Waals surface area contributed by atoms with E-state index < -0.39 is 0 Å². The summed E-state index contributed by atoms with van der Waals surface area (Å²) < 4.78 is 5.38. The van der Waals surface area contributed by atoms with Gasteiger partial charge in [-0.2, -0.15) is 5.26 Å². The molecule has 110 valence electrons. The van der Waals surface area contributed by atoms with Gasteiger partial charge in [-0.3, -0.25) is 9.69 Å². The predicted octanol–water partition coefficient (Wildman–Crippen LogP) is 1.10. The largest absolute Gasteiger partial charge is 0.379 e. The number of hydrogen-bond acceptors (Lipinski definition) is 4. The Kier molecular flexibility index (Phi) is 4.18. The summed E-state index contributed by atoms with van der Waals surface area (Å²) in [5.74, 6) is 0.0650. The maximum absolute atomic E-state index is 12.5. The first-order valence-electron chi connectivity index (χ1n) is 7.39. The van der Waals surface area contributed by atoms with Crippen LogP contribution in [-0.2, 0) is 4.74 Å². The minimum Gasteiger partial charge on any atom is -0.379 e. The van der Waals surface area contributed by atoms with Gasteiger partial charge >= 0.3 is 0 Å². The Hall–Kier alpha value is -1.90. The Morgan fingerprint density at radius 3 is 2.57 bits per heavy atom. The second kappa shape index (κ2) is 6.25. The third-order valence-electron chi connectivity index (χ3n) is 4.27. The summed E-state index contributed by atoms with van der Waals surface area (Å²) in [7, 11) is 0. The fourth-order valence-electron chi connectivity index (χ4n) is 3.04. The van der Waals surface area contributed by atoms with Crippen molar-refractivity contribution in [3.8, 4) is 6.07 Å². The van der Waals surface area contributed by atoms with Gasteiger partial charge in [0.15, 0.2) is 0 Å². The lowest BCUT2D eigenvalue weighted by Crippen LogP contribution is -2.45. The highest BCUT2D eigenvalue weighted by Gasteiger charge is 2.31. The highest BCUT2D eigenvalue weighted by Crippen LogP contribution is 2.19. The van der Waals surface area contributed by atoms with Crippen LogP contribution in [0.15, 0.2) is 24.3 Å². The van der Waals surface area contributed by atoms with Crippen molar-refractivity contribution in [2.45, 2.75) is 12.5 Å². The molecule has 0 bridgehead atoms. The zero-order valence-corrected chi connectivity index (χ0v) is 12.0.